The molecule has 0 spiro atoms. The van der Waals surface area contributed by atoms with Gasteiger partial charge in [0.1, 0.15) is 6.33 Å². The van der Waals surface area contributed by atoms with Crippen LogP contribution in [0.3, 0.4) is 0 Å². The van der Waals surface area contributed by atoms with Crippen LogP contribution in [0.15, 0.2) is 54.9 Å². The lowest BCUT2D eigenvalue weighted by Gasteiger charge is -2.20. The quantitative estimate of drug-likeness (QED) is 0.693. The van der Waals surface area contributed by atoms with Crippen LogP contribution in [0.4, 0.5) is 13.2 Å². The number of benzene rings is 2. The van der Waals surface area contributed by atoms with Gasteiger partial charge in [-0.1, -0.05) is 31.5 Å². The summed E-state index contributed by atoms with van der Waals surface area (Å²) in [5.74, 6) is -0.384. The average Bonchev–Trinajstić information content (AvgIpc) is 3.22. The highest BCUT2D eigenvalue weighted by molar-refractivity contribution is 5.95. The van der Waals surface area contributed by atoms with Crippen LogP contribution in [0, 0.1) is 0 Å². The molecule has 6 nitrogen and oxygen atoms in total. The molecule has 1 aromatic heterocycles. The van der Waals surface area contributed by atoms with Gasteiger partial charge in [-0.25, -0.2) is 4.68 Å². The molecule has 1 amide bonds. The molecule has 1 atom stereocenters. The van der Waals surface area contributed by atoms with Crippen molar-refractivity contribution in [2.75, 3.05) is 0 Å². The molecular formula is C19H18F3N5O. The minimum Gasteiger partial charge on any atom is -0.345 e. The third-order valence-electron chi connectivity index (χ3n) is 4.22. The number of carbonyl (C=O) groups excluding carboxylic acids is 1. The van der Waals surface area contributed by atoms with Crippen molar-refractivity contribution in [1.82, 2.24) is 25.5 Å². The normalized spacial score (nSPS) is 12.6. The first kappa shape index (κ1) is 19.5. The van der Waals surface area contributed by atoms with E-state index in [1.807, 2.05) is 6.92 Å². The Balaban J connectivity index is 1.83. The maximum absolute atomic E-state index is 13.0. The van der Waals surface area contributed by atoms with Crippen molar-refractivity contribution in [3.63, 3.8) is 0 Å². The predicted molar refractivity (Wildman–Crippen MR) is 95.7 cm³/mol. The van der Waals surface area contributed by atoms with E-state index in [4.69, 9.17) is 0 Å². The molecule has 28 heavy (non-hydrogen) atoms. The first-order chi connectivity index (χ1) is 13.4. The number of halogens is 3. The summed E-state index contributed by atoms with van der Waals surface area (Å²) in [7, 11) is 0. The van der Waals surface area contributed by atoms with Crippen molar-refractivity contribution in [2.45, 2.75) is 32.0 Å². The summed E-state index contributed by atoms with van der Waals surface area (Å²) in [5, 5.41) is 13.7. The maximum atomic E-state index is 13.0. The molecule has 2 aromatic carbocycles. The number of alkyl halides is 3. The minimum absolute atomic E-state index is 0.362. The van der Waals surface area contributed by atoms with Gasteiger partial charge in [0.25, 0.3) is 5.91 Å². The fourth-order valence-corrected chi connectivity index (χ4v) is 2.85. The number of carbonyl (C=O) groups is 1. The van der Waals surface area contributed by atoms with Crippen molar-refractivity contribution in [3.05, 3.63) is 71.5 Å². The number of rotatable bonds is 6. The number of hydrogen-bond donors (Lipinski definition) is 1. The summed E-state index contributed by atoms with van der Waals surface area (Å²) in [6, 6.07) is 11.2. The second-order valence-electron chi connectivity index (χ2n) is 6.24. The van der Waals surface area contributed by atoms with Crippen molar-refractivity contribution in [1.29, 1.82) is 0 Å². The molecule has 3 aromatic rings. The van der Waals surface area contributed by atoms with Gasteiger partial charge >= 0.3 is 6.18 Å². The average molecular weight is 389 g/mol. The van der Waals surface area contributed by atoms with Crippen LogP contribution >= 0.6 is 0 Å². The minimum atomic E-state index is -4.43. The van der Waals surface area contributed by atoms with Crippen LogP contribution in [-0.4, -0.2) is 26.1 Å². The zero-order valence-electron chi connectivity index (χ0n) is 15.0. The third-order valence-corrected chi connectivity index (χ3v) is 4.22. The molecule has 1 heterocycles. The van der Waals surface area contributed by atoms with Crippen LogP contribution in [0.5, 0.6) is 0 Å². The Morgan fingerprint density at radius 3 is 2.64 bits per heavy atom. The monoisotopic (exact) mass is 389 g/mol. The third kappa shape index (κ3) is 4.54. The Labute approximate surface area is 159 Å². The van der Waals surface area contributed by atoms with Crippen LogP contribution in [0.25, 0.3) is 5.69 Å². The van der Waals surface area contributed by atoms with Gasteiger partial charge in [-0.05, 0) is 52.7 Å². The standard InChI is InChI=1S/C19H18F3N5O/c1-2-5-17(13-6-3-8-15(10-13)19(20,21)22)24-18(28)14-7-4-9-16(11-14)27-12-23-25-26-27/h3-4,6-12,17H,2,5H2,1H3,(H,24,28). The Bertz CT molecular complexity index is 941. The summed E-state index contributed by atoms with van der Waals surface area (Å²) >= 11 is 0. The summed E-state index contributed by atoms with van der Waals surface area (Å²) in [4.78, 5) is 12.7. The van der Waals surface area contributed by atoms with Crippen LogP contribution in [0.1, 0.15) is 47.3 Å². The van der Waals surface area contributed by atoms with Gasteiger partial charge in [0.2, 0.25) is 0 Å². The van der Waals surface area contributed by atoms with E-state index < -0.39 is 17.8 Å². The molecule has 0 aliphatic rings. The molecule has 3 rings (SSSR count). The fourth-order valence-electron chi connectivity index (χ4n) is 2.85. The highest BCUT2D eigenvalue weighted by atomic mass is 19.4. The van der Waals surface area contributed by atoms with Gasteiger partial charge in [-0.15, -0.1) is 5.10 Å². The van der Waals surface area contributed by atoms with Crippen LogP contribution in [-0.2, 0) is 6.18 Å². The molecule has 0 aliphatic heterocycles. The first-order valence-corrected chi connectivity index (χ1v) is 8.70. The zero-order chi connectivity index (χ0) is 20.1. The smallest absolute Gasteiger partial charge is 0.345 e. The molecule has 0 fully saturated rings. The van der Waals surface area contributed by atoms with Gasteiger partial charge < -0.3 is 5.32 Å². The van der Waals surface area contributed by atoms with E-state index >= 15 is 0 Å². The van der Waals surface area contributed by atoms with E-state index in [0.29, 0.717) is 29.7 Å². The molecule has 146 valence electrons. The molecule has 1 N–H and O–H groups in total. The second-order valence-corrected chi connectivity index (χ2v) is 6.24. The molecule has 0 saturated heterocycles. The molecule has 9 heteroatoms. The van der Waals surface area contributed by atoms with Gasteiger partial charge in [0, 0.05) is 5.56 Å². The zero-order valence-corrected chi connectivity index (χ0v) is 15.0. The maximum Gasteiger partial charge on any atom is 0.416 e. The molecular weight excluding hydrogens is 371 g/mol. The van der Waals surface area contributed by atoms with Crippen LogP contribution < -0.4 is 5.32 Å². The lowest BCUT2D eigenvalue weighted by atomic mass is 9.99. The number of aromatic nitrogens is 4. The summed E-state index contributed by atoms with van der Waals surface area (Å²) in [6.45, 7) is 1.91. The van der Waals surface area contributed by atoms with Crippen molar-refractivity contribution < 1.29 is 18.0 Å². The molecule has 0 aliphatic carbocycles. The van der Waals surface area contributed by atoms with Crippen molar-refractivity contribution in [2.24, 2.45) is 0 Å². The van der Waals surface area contributed by atoms with E-state index in [2.05, 4.69) is 20.8 Å². The topological polar surface area (TPSA) is 72.7 Å². The summed E-state index contributed by atoms with van der Waals surface area (Å²) in [5.41, 5.74) is 0.646. The highest BCUT2D eigenvalue weighted by Crippen LogP contribution is 2.31. The van der Waals surface area contributed by atoms with E-state index in [-0.39, 0.29) is 5.91 Å². The van der Waals surface area contributed by atoms with Gasteiger partial charge in [0.05, 0.1) is 17.3 Å². The number of tetrazole rings is 1. The lowest BCUT2D eigenvalue weighted by molar-refractivity contribution is -0.137. The molecule has 0 bridgehead atoms. The Morgan fingerprint density at radius 1 is 1.18 bits per heavy atom. The number of hydrogen-bond acceptors (Lipinski definition) is 4. The van der Waals surface area contributed by atoms with Crippen molar-refractivity contribution >= 4 is 5.91 Å². The van der Waals surface area contributed by atoms with Gasteiger partial charge in [0.15, 0.2) is 0 Å². The molecule has 1 unspecified atom stereocenters. The first-order valence-electron chi connectivity index (χ1n) is 8.70. The predicted octanol–water partition coefficient (Wildman–Crippen LogP) is 3.95. The molecule has 0 radical (unpaired) electrons. The highest BCUT2D eigenvalue weighted by Gasteiger charge is 2.31. The Morgan fingerprint density at radius 2 is 1.96 bits per heavy atom. The lowest BCUT2D eigenvalue weighted by Crippen LogP contribution is -2.28. The summed E-state index contributed by atoms with van der Waals surface area (Å²) < 4.78 is 40.5. The fraction of sp³-hybridized carbons (Fsp3) is 0.263. The SMILES string of the molecule is CCCC(NC(=O)c1cccc(-n2cnnn2)c1)c1cccc(C(F)(F)F)c1. The summed E-state index contributed by atoms with van der Waals surface area (Å²) in [6.07, 6.45) is -1.82. The van der Waals surface area contributed by atoms with Crippen LogP contribution in [0.2, 0.25) is 0 Å². The van der Waals surface area contributed by atoms with E-state index in [0.717, 1.165) is 12.1 Å². The molecule has 0 saturated carbocycles. The van der Waals surface area contributed by atoms with E-state index in [1.54, 1.807) is 30.3 Å². The van der Waals surface area contributed by atoms with E-state index in [1.165, 1.54) is 17.1 Å². The number of nitrogens with one attached hydrogen (secondary N) is 1. The Kier molecular flexibility index (Phi) is 5.72. The van der Waals surface area contributed by atoms with E-state index in [9.17, 15) is 18.0 Å². The largest absolute Gasteiger partial charge is 0.416 e. The number of amides is 1. The Hall–Kier alpha value is -3.23. The number of nitrogens with zero attached hydrogens (tertiary/aromatic N) is 4. The second kappa shape index (κ2) is 8.20. The van der Waals surface area contributed by atoms with Gasteiger partial charge in [-0.2, -0.15) is 13.2 Å². The van der Waals surface area contributed by atoms with Gasteiger partial charge in [-0.3, -0.25) is 4.79 Å². The van der Waals surface area contributed by atoms with Crippen molar-refractivity contribution in [3.8, 4) is 5.69 Å².